The van der Waals surface area contributed by atoms with Crippen LogP contribution >= 0.6 is 0 Å². The molecule has 0 saturated heterocycles. The van der Waals surface area contributed by atoms with Crippen LogP contribution in [0.2, 0.25) is 0 Å². The lowest BCUT2D eigenvalue weighted by atomic mass is 9.88. The molecule has 0 bridgehead atoms. The van der Waals surface area contributed by atoms with E-state index in [4.69, 9.17) is 0 Å². The maximum absolute atomic E-state index is 2.34. The highest BCUT2D eigenvalue weighted by Gasteiger charge is 2.10. The number of rotatable bonds is 2. The van der Waals surface area contributed by atoms with Crippen molar-refractivity contribution in [3.63, 3.8) is 0 Å². The first kappa shape index (κ1) is 25.4. The zero-order valence-electron chi connectivity index (χ0n) is 19.3. The summed E-state index contributed by atoms with van der Waals surface area (Å²) in [4.78, 5) is 0. The normalized spacial score (nSPS) is 10.6. The minimum Gasteiger partial charge on any atom is -0.0776 e. The number of hydrogen-bond donors (Lipinski definition) is 0. The van der Waals surface area contributed by atoms with Gasteiger partial charge in [-0.3, -0.25) is 0 Å². The fraction of sp³-hybridized carbons (Fsp3) is 0.556. The van der Waals surface area contributed by atoms with Gasteiger partial charge in [0.15, 0.2) is 0 Å². The van der Waals surface area contributed by atoms with Gasteiger partial charge in [-0.25, -0.2) is 0 Å². The predicted octanol–water partition coefficient (Wildman–Crippen LogP) is 8.72. The van der Waals surface area contributed by atoms with Gasteiger partial charge in [-0.2, -0.15) is 0 Å². The zero-order valence-corrected chi connectivity index (χ0v) is 19.3. The summed E-state index contributed by atoms with van der Waals surface area (Å²) >= 11 is 0. The molecule has 0 N–H and O–H groups in total. The molecule has 0 spiro atoms. The second-order valence-electron chi connectivity index (χ2n) is 8.64. The van der Waals surface area contributed by atoms with Crippen molar-refractivity contribution in [1.82, 2.24) is 0 Å². The van der Waals surface area contributed by atoms with Gasteiger partial charge in [0, 0.05) is 0 Å². The van der Waals surface area contributed by atoms with Crippen LogP contribution in [0.3, 0.4) is 0 Å². The molecule has 0 atom stereocenters. The maximum atomic E-state index is 2.34. The average Bonchev–Trinajstić information content (AvgIpc) is 2.54. The summed E-state index contributed by atoms with van der Waals surface area (Å²) in [7, 11) is 0. The van der Waals surface area contributed by atoms with Crippen molar-refractivity contribution in [1.29, 1.82) is 0 Å². The predicted molar refractivity (Wildman–Crippen MR) is 126 cm³/mol. The molecule has 0 saturated carbocycles. The lowest BCUT2D eigenvalue weighted by Crippen LogP contribution is -2.00. The highest BCUT2D eigenvalue weighted by molar-refractivity contribution is 5.46. The van der Waals surface area contributed by atoms with Crippen LogP contribution in [0, 0.1) is 55.4 Å². The van der Waals surface area contributed by atoms with Gasteiger partial charge in [-0.05, 0) is 123 Å². The van der Waals surface area contributed by atoms with E-state index in [0.29, 0.717) is 11.8 Å². The third-order valence-corrected chi connectivity index (χ3v) is 6.14. The van der Waals surface area contributed by atoms with Crippen molar-refractivity contribution >= 4 is 0 Å². The summed E-state index contributed by atoms with van der Waals surface area (Å²) in [5, 5.41) is 0. The molecular formula is C27H44. The van der Waals surface area contributed by atoms with E-state index in [1.165, 1.54) is 55.6 Å². The topological polar surface area (TPSA) is 0 Å². The molecule has 0 heterocycles. The van der Waals surface area contributed by atoms with Gasteiger partial charge in [0.1, 0.15) is 0 Å². The molecule has 0 aromatic heterocycles. The van der Waals surface area contributed by atoms with Gasteiger partial charge in [0.25, 0.3) is 0 Å². The second kappa shape index (κ2) is 10.1. The first-order valence-electron chi connectivity index (χ1n) is 10.0. The Hall–Kier alpha value is -1.56. The molecule has 0 unspecified atom stereocenters. The quantitative estimate of drug-likeness (QED) is 0.497. The van der Waals surface area contributed by atoms with Gasteiger partial charge >= 0.3 is 0 Å². The molecule has 2 aromatic carbocycles. The molecule has 0 aliphatic carbocycles. The van der Waals surface area contributed by atoms with Crippen molar-refractivity contribution in [2.24, 2.45) is 0 Å². The lowest BCUT2D eigenvalue weighted by Gasteiger charge is -2.17. The van der Waals surface area contributed by atoms with Crippen molar-refractivity contribution in [2.75, 3.05) is 0 Å². The maximum Gasteiger partial charge on any atom is -0.0213 e. The molecule has 0 aliphatic rings. The summed E-state index contributed by atoms with van der Waals surface area (Å²) in [5.74, 6) is 1.28. The Labute approximate surface area is 170 Å². The van der Waals surface area contributed by atoms with E-state index in [1.54, 1.807) is 0 Å². The zero-order chi connectivity index (χ0) is 20.3. The minimum atomic E-state index is 0. The summed E-state index contributed by atoms with van der Waals surface area (Å²) in [5.41, 5.74) is 14.6. The van der Waals surface area contributed by atoms with Crippen LogP contribution in [0.25, 0.3) is 0 Å². The Bertz CT molecular complexity index is 774. The number of benzene rings is 2. The Morgan fingerprint density at radius 2 is 0.926 bits per heavy atom. The molecule has 0 nitrogen and oxygen atoms in total. The highest BCUT2D eigenvalue weighted by atomic mass is 14.2. The van der Waals surface area contributed by atoms with Crippen LogP contribution in [0.4, 0.5) is 0 Å². The molecule has 0 aliphatic heterocycles. The molecule has 0 fully saturated rings. The van der Waals surface area contributed by atoms with Gasteiger partial charge in [-0.15, -0.1) is 0 Å². The van der Waals surface area contributed by atoms with Crippen LogP contribution in [0.1, 0.15) is 103 Å². The molecule has 2 aromatic rings. The van der Waals surface area contributed by atoms with E-state index in [0.717, 1.165) is 0 Å². The van der Waals surface area contributed by atoms with Crippen molar-refractivity contribution in [2.45, 2.75) is 102 Å². The molecule has 0 amide bonds. The fourth-order valence-electron chi connectivity index (χ4n) is 4.04. The minimum absolute atomic E-state index is 0. The van der Waals surface area contributed by atoms with E-state index < -0.39 is 0 Å². The number of hydrogen-bond acceptors (Lipinski definition) is 0. The van der Waals surface area contributed by atoms with Crippen LogP contribution in [0.5, 0.6) is 0 Å². The van der Waals surface area contributed by atoms with E-state index in [2.05, 4.69) is 95.2 Å². The summed E-state index contributed by atoms with van der Waals surface area (Å²) in [6.07, 6.45) is 0. The van der Waals surface area contributed by atoms with E-state index in [9.17, 15) is 0 Å². The Morgan fingerprint density at radius 3 is 1.37 bits per heavy atom. The standard InChI is InChI=1S/2C13H20.CH4/c1-8(2)13-7-9(3)10(4)11(5)12(13)6;1-8(2)13-10(4)7-9(3)11(5)12(13)6;/h2*7-8H,1-6H3;1H4. The molecule has 27 heavy (non-hydrogen) atoms. The SMILES string of the molecule is C.Cc1cc(C(C)C)c(C)c(C)c1C.Cc1cc(C)c(C(C)C)c(C)c1C. The molecular weight excluding hydrogens is 324 g/mol. The van der Waals surface area contributed by atoms with Crippen LogP contribution in [-0.2, 0) is 0 Å². The Morgan fingerprint density at radius 1 is 0.481 bits per heavy atom. The summed E-state index contributed by atoms with van der Waals surface area (Å²) < 4.78 is 0. The summed E-state index contributed by atoms with van der Waals surface area (Å²) in [6, 6.07) is 4.64. The van der Waals surface area contributed by atoms with Crippen LogP contribution < -0.4 is 0 Å². The molecule has 152 valence electrons. The molecule has 0 heteroatoms. The third kappa shape index (κ3) is 5.71. The lowest BCUT2D eigenvalue weighted by molar-refractivity contribution is 0.841. The highest BCUT2D eigenvalue weighted by Crippen LogP contribution is 2.28. The first-order chi connectivity index (χ1) is 11.9. The monoisotopic (exact) mass is 368 g/mol. The largest absolute Gasteiger partial charge is 0.0776 e. The fourth-order valence-corrected chi connectivity index (χ4v) is 4.04. The van der Waals surface area contributed by atoms with Gasteiger partial charge in [0.2, 0.25) is 0 Å². The molecule has 2 rings (SSSR count). The van der Waals surface area contributed by atoms with E-state index >= 15 is 0 Å². The third-order valence-electron chi connectivity index (χ3n) is 6.14. The van der Waals surface area contributed by atoms with E-state index in [-0.39, 0.29) is 7.43 Å². The van der Waals surface area contributed by atoms with Crippen LogP contribution in [-0.4, -0.2) is 0 Å². The van der Waals surface area contributed by atoms with Gasteiger partial charge < -0.3 is 0 Å². The first-order valence-corrected chi connectivity index (χ1v) is 10.0. The molecule has 0 radical (unpaired) electrons. The smallest absolute Gasteiger partial charge is 0.0213 e. The van der Waals surface area contributed by atoms with Gasteiger partial charge in [0.05, 0.1) is 0 Å². The van der Waals surface area contributed by atoms with Crippen molar-refractivity contribution < 1.29 is 0 Å². The Kier molecular flexibility index (Phi) is 9.53. The van der Waals surface area contributed by atoms with Gasteiger partial charge in [-0.1, -0.05) is 47.3 Å². The van der Waals surface area contributed by atoms with Crippen molar-refractivity contribution in [3.8, 4) is 0 Å². The average molecular weight is 369 g/mol. The van der Waals surface area contributed by atoms with Crippen molar-refractivity contribution in [3.05, 3.63) is 67.8 Å². The Balaban J connectivity index is 0.000000483. The second-order valence-corrected chi connectivity index (χ2v) is 8.64. The van der Waals surface area contributed by atoms with Crippen LogP contribution in [0.15, 0.2) is 12.1 Å². The summed E-state index contributed by atoms with van der Waals surface area (Å²) in [6.45, 7) is 26.8. The van der Waals surface area contributed by atoms with E-state index in [1.807, 2.05) is 0 Å². The number of aryl methyl sites for hydroxylation is 3.